The van der Waals surface area contributed by atoms with E-state index in [0.29, 0.717) is 34.7 Å². The molecule has 0 spiro atoms. The number of amides is 1. The van der Waals surface area contributed by atoms with Crippen molar-refractivity contribution in [3.05, 3.63) is 47.3 Å². The van der Waals surface area contributed by atoms with Gasteiger partial charge in [0.15, 0.2) is 5.75 Å². The predicted molar refractivity (Wildman–Crippen MR) is 112 cm³/mol. The van der Waals surface area contributed by atoms with Gasteiger partial charge in [-0.3, -0.25) is 9.36 Å². The highest BCUT2D eigenvalue weighted by molar-refractivity contribution is 5.98. The number of aromatic nitrogens is 4. The minimum atomic E-state index is -0.371. The van der Waals surface area contributed by atoms with Crippen molar-refractivity contribution in [2.45, 2.75) is 13.5 Å². The van der Waals surface area contributed by atoms with Gasteiger partial charge in [0, 0.05) is 29.6 Å². The van der Waals surface area contributed by atoms with E-state index < -0.39 is 0 Å². The molecule has 0 bridgehead atoms. The van der Waals surface area contributed by atoms with Gasteiger partial charge < -0.3 is 19.8 Å². The molecule has 0 aliphatic carbocycles. The van der Waals surface area contributed by atoms with Crippen molar-refractivity contribution in [2.24, 2.45) is 4.99 Å². The van der Waals surface area contributed by atoms with Gasteiger partial charge in [-0.2, -0.15) is 4.99 Å². The zero-order valence-electron chi connectivity index (χ0n) is 16.8. The molecule has 0 unspecified atom stereocenters. The van der Waals surface area contributed by atoms with Crippen LogP contribution in [-0.2, 0) is 6.54 Å². The molecule has 2 aromatic heterocycles. The average molecular weight is 404 g/mol. The summed E-state index contributed by atoms with van der Waals surface area (Å²) in [6, 6.07) is 7.19. The second-order valence-electron chi connectivity index (χ2n) is 7.02. The molecular weight excluding hydrogens is 384 g/mol. The lowest BCUT2D eigenvalue weighted by atomic mass is 10.1. The number of nitrogens with one attached hydrogen (secondary N) is 2. The van der Waals surface area contributed by atoms with Crippen LogP contribution in [0.2, 0.25) is 0 Å². The molecule has 2 aromatic carbocycles. The molecule has 0 saturated heterocycles. The number of carbonyl (C=O) groups is 1. The normalized spacial score (nSPS) is 13.5. The maximum Gasteiger partial charge on any atom is 0.280 e. The standard InChI is InChI=1S/C21H20N6O3/c1-11-16(29-2)9-13-17(18(11)30-3)25-21(27-7-6-22-19(13)27)26-20(28)12-4-5-14-15(8-12)24-10-23-14/h4-5,8-10,22H,6-7H2,1-3H3,(H,23,24). The summed E-state index contributed by atoms with van der Waals surface area (Å²) < 4.78 is 13.0. The second-order valence-corrected chi connectivity index (χ2v) is 7.02. The van der Waals surface area contributed by atoms with Crippen molar-refractivity contribution < 1.29 is 14.3 Å². The summed E-state index contributed by atoms with van der Waals surface area (Å²) in [7, 11) is 3.22. The molecule has 4 aromatic rings. The van der Waals surface area contributed by atoms with Crippen molar-refractivity contribution in [1.29, 1.82) is 0 Å². The monoisotopic (exact) mass is 404 g/mol. The number of H-pyrrole nitrogens is 1. The van der Waals surface area contributed by atoms with Crippen LogP contribution in [-0.4, -0.2) is 46.2 Å². The average Bonchev–Trinajstić information content (AvgIpc) is 3.42. The van der Waals surface area contributed by atoms with E-state index in [1.807, 2.05) is 17.6 Å². The fourth-order valence-corrected chi connectivity index (χ4v) is 3.88. The number of ether oxygens (including phenoxy) is 2. The van der Waals surface area contributed by atoms with E-state index in [-0.39, 0.29) is 5.91 Å². The summed E-state index contributed by atoms with van der Waals surface area (Å²) in [5, 5.41) is 4.23. The molecule has 0 atom stereocenters. The first-order valence-corrected chi connectivity index (χ1v) is 9.53. The maximum atomic E-state index is 12.9. The number of nitrogens with zero attached hydrogens (tertiary/aromatic N) is 4. The Kier molecular flexibility index (Phi) is 4.16. The first-order valence-electron chi connectivity index (χ1n) is 9.53. The molecule has 1 aliphatic rings. The van der Waals surface area contributed by atoms with E-state index in [0.717, 1.165) is 34.3 Å². The number of fused-ring (bicyclic) bond motifs is 4. The van der Waals surface area contributed by atoms with E-state index in [1.54, 1.807) is 38.7 Å². The van der Waals surface area contributed by atoms with E-state index in [9.17, 15) is 4.79 Å². The molecular formula is C21H20N6O3. The molecule has 5 rings (SSSR count). The van der Waals surface area contributed by atoms with Crippen LogP contribution in [0.15, 0.2) is 35.6 Å². The van der Waals surface area contributed by atoms with Gasteiger partial charge in [0.2, 0.25) is 5.62 Å². The first kappa shape index (κ1) is 18.2. The van der Waals surface area contributed by atoms with Gasteiger partial charge in [0.05, 0.1) is 31.6 Å². The highest BCUT2D eigenvalue weighted by Crippen LogP contribution is 2.38. The fourth-order valence-electron chi connectivity index (χ4n) is 3.88. The Balaban J connectivity index is 1.73. The van der Waals surface area contributed by atoms with E-state index in [4.69, 9.17) is 14.5 Å². The van der Waals surface area contributed by atoms with Gasteiger partial charge in [-0.05, 0) is 31.2 Å². The van der Waals surface area contributed by atoms with Crippen LogP contribution in [0.5, 0.6) is 11.5 Å². The Labute approximate surface area is 171 Å². The Morgan fingerprint density at radius 3 is 2.90 bits per heavy atom. The lowest BCUT2D eigenvalue weighted by molar-refractivity contribution is 0.0996. The molecule has 30 heavy (non-hydrogen) atoms. The Hall–Kier alpha value is -3.88. The van der Waals surface area contributed by atoms with E-state index in [2.05, 4.69) is 20.3 Å². The number of carbonyl (C=O) groups excluding carboxylic acids is 1. The van der Waals surface area contributed by atoms with E-state index in [1.165, 1.54) is 0 Å². The van der Waals surface area contributed by atoms with Gasteiger partial charge in [0.1, 0.15) is 17.1 Å². The van der Waals surface area contributed by atoms with Crippen LogP contribution in [0.4, 0.5) is 5.82 Å². The smallest absolute Gasteiger partial charge is 0.280 e. The third-order valence-electron chi connectivity index (χ3n) is 5.35. The molecule has 0 saturated carbocycles. The molecule has 2 N–H and O–H groups in total. The summed E-state index contributed by atoms with van der Waals surface area (Å²) in [5.41, 5.74) is 3.85. The number of benzene rings is 2. The minimum absolute atomic E-state index is 0.333. The first-order chi connectivity index (χ1) is 14.6. The molecule has 0 radical (unpaired) electrons. The van der Waals surface area contributed by atoms with Crippen LogP contribution in [0.3, 0.4) is 0 Å². The molecule has 1 aliphatic heterocycles. The third kappa shape index (κ3) is 2.70. The lowest BCUT2D eigenvalue weighted by Crippen LogP contribution is -2.25. The Morgan fingerprint density at radius 1 is 1.23 bits per heavy atom. The molecule has 3 heterocycles. The highest BCUT2D eigenvalue weighted by Gasteiger charge is 2.21. The van der Waals surface area contributed by atoms with Crippen molar-refractivity contribution >= 4 is 33.7 Å². The molecule has 9 heteroatoms. The SMILES string of the molecule is COc1cc2c3n(c(=NC(=O)c4ccc5nc[nH]c5c4)nc2c(OC)c1C)CCN3. The lowest BCUT2D eigenvalue weighted by Gasteiger charge is -2.15. The largest absolute Gasteiger partial charge is 0.496 e. The number of methoxy groups -OCH3 is 2. The molecule has 0 fully saturated rings. The number of anilines is 1. The number of hydrogen-bond acceptors (Lipinski definition) is 6. The van der Waals surface area contributed by atoms with Gasteiger partial charge in [0.25, 0.3) is 5.91 Å². The summed E-state index contributed by atoms with van der Waals surface area (Å²) in [4.78, 5) is 29.2. The van der Waals surface area contributed by atoms with Gasteiger partial charge in [-0.15, -0.1) is 0 Å². The van der Waals surface area contributed by atoms with Crippen LogP contribution < -0.4 is 20.4 Å². The Morgan fingerprint density at radius 2 is 2.10 bits per heavy atom. The number of hydrogen-bond donors (Lipinski definition) is 2. The van der Waals surface area contributed by atoms with Gasteiger partial charge >= 0.3 is 0 Å². The predicted octanol–water partition coefficient (Wildman–Crippen LogP) is 2.40. The van der Waals surface area contributed by atoms with Crippen molar-refractivity contribution in [1.82, 2.24) is 19.5 Å². The zero-order valence-corrected chi connectivity index (χ0v) is 16.8. The third-order valence-corrected chi connectivity index (χ3v) is 5.35. The summed E-state index contributed by atoms with van der Waals surface area (Å²) in [6.07, 6.45) is 1.60. The quantitative estimate of drug-likeness (QED) is 0.543. The zero-order chi connectivity index (χ0) is 20.8. The molecule has 152 valence electrons. The number of imidazole rings is 1. The van der Waals surface area contributed by atoms with Crippen LogP contribution in [0.25, 0.3) is 21.9 Å². The van der Waals surface area contributed by atoms with Gasteiger partial charge in [-0.1, -0.05) is 0 Å². The maximum absolute atomic E-state index is 12.9. The van der Waals surface area contributed by atoms with Crippen LogP contribution in [0, 0.1) is 6.92 Å². The van der Waals surface area contributed by atoms with Crippen molar-refractivity contribution in [3.63, 3.8) is 0 Å². The van der Waals surface area contributed by atoms with E-state index >= 15 is 0 Å². The molecule has 9 nitrogen and oxygen atoms in total. The number of rotatable bonds is 3. The van der Waals surface area contributed by atoms with Crippen LogP contribution in [0.1, 0.15) is 15.9 Å². The second kappa shape index (κ2) is 6.87. The van der Waals surface area contributed by atoms with Gasteiger partial charge in [-0.25, -0.2) is 9.97 Å². The number of aromatic amines is 1. The topological polar surface area (TPSA) is 106 Å². The van der Waals surface area contributed by atoms with Crippen LogP contribution >= 0.6 is 0 Å². The fraction of sp³-hybridized carbons (Fsp3) is 0.238. The highest BCUT2D eigenvalue weighted by atomic mass is 16.5. The van der Waals surface area contributed by atoms with Crippen molar-refractivity contribution in [2.75, 3.05) is 26.1 Å². The van der Waals surface area contributed by atoms with Crippen molar-refractivity contribution in [3.8, 4) is 11.5 Å². The molecule has 1 amide bonds. The Bertz CT molecular complexity index is 1390. The minimum Gasteiger partial charge on any atom is -0.496 e. The summed E-state index contributed by atoms with van der Waals surface area (Å²) in [6.45, 7) is 3.28. The summed E-state index contributed by atoms with van der Waals surface area (Å²) >= 11 is 0. The summed E-state index contributed by atoms with van der Waals surface area (Å²) in [5.74, 6) is 1.78.